The number of allylic oxidation sites excluding steroid dienone is 1. The first-order valence-corrected chi connectivity index (χ1v) is 26.0. The highest BCUT2D eigenvalue weighted by atomic mass is 31.2. The summed E-state index contributed by atoms with van der Waals surface area (Å²) in [6.07, 6.45) is 14.3. The molecule has 0 saturated heterocycles. The van der Waals surface area contributed by atoms with Gasteiger partial charge < -0.3 is 30.3 Å². The molecule has 68 heavy (non-hydrogen) atoms. The van der Waals surface area contributed by atoms with Crippen LogP contribution in [0.25, 0.3) is 11.0 Å². The number of unbranched alkanes of at least 4 members (excludes halogenated alkanes) is 1. The van der Waals surface area contributed by atoms with Crippen molar-refractivity contribution in [3.8, 4) is 5.75 Å². The van der Waals surface area contributed by atoms with Gasteiger partial charge in [0.15, 0.2) is 5.52 Å². The minimum absolute atomic E-state index is 0.00578. The number of rotatable bonds is 21. The van der Waals surface area contributed by atoms with E-state index < -0.39 is 48.9 Å². The van der Waals surface area contributed by atoms with Crippen LogP contribution in [-0.4, -0.2) is 72.8 Å². The number of hydrogen-bond acceptors (Lipinski definition) is 12. The zero-order valence-corrected chi connectivity index (χ0v) is 40.8. The SMILES string of the molecule is CC(C)CCC[C@@H](C)[C@H]1CC[C@H]2[C@@H]3CC=C4C[C@@H](OC(=O)N[C@@H](Cc5ccc(OP(=O)(O)O)cc5)C(=O)N[C@@H](CCCCNc5ccc([N+](=O)[O-])c6nonc56)C(=O)O)CC[C@]4(C)[C@H]3CC[C@]12C. The number of nitrogens with one attached hydrogen (secondary N) is 3. The summed E-state index contributed by atoms with van der Waals surface area (Å²) in [5.41, 5.74) is 2.64. The molecule has 3 aromatic rings. The van der Waals surface area contributed by atoms with E-state index in [1.54, 1.807) is 0 Å². The van der Waals surface area contributed by atoms with Crippen molar-refractivity contribution in [1.29, 1.82) is 0 Å². The van der Waals surface area contributed by atoms with Crippen molar-refractivity contribution in [2.75, 3.05) is 11.9 Å². The van der Waals surface area contributed by atoms with Crippen LogP contribution in [0.1, 0.15) is 130 Å². The van der Waals surface area contributed by atoms with E-state index in [0.717, 1.165) is 36.5 Å². The second-order valence-electron chi connectivity index (χ2n) is 20.9. The number of benzene rings is 2. The molecule has 0 spiro atoms. The Morgan fingerprint density at radius 2 is 1.66 bits per heavy atom. The summed E-state index contributed by atoms with van der Waals surface area (Å²) >= 11 is 0. The first-order chi connectivity index (χ1) is 32.3. The molecule has 2 amide bonds. The number of nitro benzene ring substituents is 1. The molecule has 4 aliphatic rings. The molecule has 4 aliphatic carbocycles. The first kappa shape index (κ1) is 50.8. The van der Waals surface area contributed by atoms with Crippen LogP contribution in [0.5, 0.6) is 5.75 Å². The summed E-state index contributed by atoms with van der Waals surface area (Å²) in [6.45, 7) is 12.5. The van der Waals surface area contributed by atoms with E-state index in [2.05, 4.69) is 71.5 Å². The van der Waals surface area contributed by atoms with Crippen molar-refractivity contribution in [2.45, 2.75) is 149 Å². The van der Waals surface area contributed by atoms with Gasteiger partial charge in [0.05, 0.1) is 10.6 Å². The summed E-state index contributed by atoms with van der Waals surface area (Å²) in [5.74, 6) is 2.12. The Balaban J connectivity index is 0.965. The van der Waals surface area contributed by atoms with Crippen molar-refractivity contribution in [1.82, 2.24) is 20.9 Å². The van der Waals surface area contributed by atoms with Crippen LogP contribution >= 0.6 is 7.82 Å². The second kappa shape index (κ2) is 21.3. The lowest BCUT2D eigenvalue weighted by atomic mass is 9.47. The van der Waals surface area contributed by atoms with E-state index in [-0.39, 0.29) is 40.7 Å². The lowest BCUT2D eigenvalue weighted by Gasteiger charge is -2.58. The molecule has 1 heterocycles. The number of aliphatic carboxylic acids is 1. The van der Waals surface area contributed by atoms with Crippen molar-refractivity contribution < 1.29 is 52.7 Å². The van der Waals surface area contributed by atoms with Gasteiger partial charge in [0.25, 0.3) is 0 Å². The van der Waals surface area contributed by atoms with Gasteiger partial charge in [-0.1, -0.05) is 77.7 Å². The molecule has 0 radical (unpaired) electrons. The topological polar surface area (TPSA) is 266 Å². The van der Waals surface area contributed by atoms with E-state index in [0.29, 0.717) is 60.7 Å². The Morgan fingerprint density at radius 1 is 0.912 bits per heavy atom. The maximum atomic E-state index is 13.9. The number of nitro groups is 1. The molecule has 7 rings (SSSR count). The molecular formula is C49H69N6O12P. The molecule has 1 aromatic heterocycles. The molecule has 372 valence electrons. The normalized spacial score (nSPS) is 26.9. The predicted molar refractivity (Wildman–Crippen MR) is 253 cm³/mol. The number of carboxylic acids is 1. The minimum Gasteiger partial charge on any atom is -0.480 e. The molecule has 0 aliphatic heterocycles. The maximum absolute atomic E-state index is 13.9. The standard InChI is InChI=1S/C49H69N6O12P/c1-29(2)9-8-10-30(3)36-18-19-37-35-17-14-32-28-34(22-24-48(32,4)38(35)23-25-49(36,37)5)65-47(59)52-41(27-31-12-15-33(16-13-31)66-68(62,63)64)45(56)51-40(46(57)58)11-6-7-26-50-39-20-21-42(55(60)61)44-43(39)53-67-54-44/h12-16,20-21,29-30,34-38,40-41,50H,6-11,17-19,22-28H2,1-5H3,(H,51,56)(H,52,59)(H,57,58)(H2,62,63,64)/t30-,34+,35+,36-,37+,38+,40+,41+,48+,49-/m1/s1. The van der Waals surface area contributed by atoms with Gasteiger partial charge in [0.1, 0.15) is 23.9 Å². The average Bonchev–Trinajstić information content (AvgIpc) is 3.91. The van der Waals surface area contributed by atoms with E-state index in [1.807, 2.05) is 0 Å². The van der Waals surface area contributed by atoms with Gasteiger partial charge in [-0.05, 0) is 145 Å². The van der Waals surface area contributed by atoms with Gasteiger partial charge in [-0.15, -0.1) is 0 Å². The highest BCUT2D eigenvalue weighted by Crippen LogP contribution is 2.67. The van der Waals surface area contributed by atoms with E-state index in [1.165, 1.54) is 86.9 Å². The number of phosphoric acid groups is 1. The van der Waals surface area contributed by atoms with Crippen molar-refractivity contribution in [3.05, 3.63) is 63.7 Å². The fourth-order valence-corrected chi connectivity index (χ4v) is 13.1. The quantitative estimate of drug-likeness (QED) is 0.0191. The summed E-state index contributed by atoms with van der Waals surface area (Å²) < 4.78 is 26.8. The molecule has 0 bridgehead atoms. The molecule has 3 fully saturated rings. The number of anilines is 1. The van der Waals surface area contributed by atoms with Crippen LogP contribution in [0.15, 0.2) is 52.7 Å². The lowest BCUT2D eigenvalue weighted by Crippen LogP contribution is -2.53. The van der Waals surface area contributed by atoms with E-state index >= 15 is 0 Å². The molecular weight excluding hydrogens is 896 g/mol. The van der Waals surface area contributed by atoms with Gasteiger partial charge >= 0.3 is 25.6 Å². The Morgan fingerprint density at radius 3 is 2.37 bits per heavy atom. The Bertz CT molecular complexity index is 2370. The highest BCUT2D eigenvalue weighted by molar-refractivity contribution is 7.46. The van der Waals surface area contributed by atoms with Crippen LogP contribution in [0.2, 0.25) is 0 Å². The number of carboxylic acid groups (broad SMARTS) is 1. The molecule has 10 atom stereocenters. The number of carbonyl (C=O) groups is 3. The Hall–Kier alpha value is -5.06. The van der Waals surface area contributed by atoms with Gasteiger partial charge in [-0.2, -0.15) is 0 Å². The van der Waals surface area contributed by atoms with Crippen molar-refractivity contribution in [3.63, 3.8) is 0 Å². The summed E-state index contributed by atoms with van der Waals surface area (Å²) in [6, 6.07) is 5.83. The van der Waals surface area contributed by atoms with Gasteiger partial charge in [0, 0.05) is 25.5 Å². The number of non-ortho nitro benzene ring substituents is 1. The third-order valence-electron chi connectivity index (χ3n) is 16.2. The lowest BCUT2D eigenvalue weighted by molar-refractivity contribution is -0.383. The predicted octanol–water partition coefficient (Wildman–Crippen LogP) is 9.50. The van der Waals surface area contributed by atoms with Crippen LogP contribution in [-0.2, 0) is 25.3 Å². The molecule has 2 aromatic carbocycles. The molecule has 0 unspecified atom stereocenters. The molecule has 19 heteroatoms. The summed E-state index contributed by atoms with van der Waals surface area (Å²) in [7, 11) is -4.82. The zero-order chi connectivity index (χ0) is 49.0. The number of carbonyl (C=O) groups excluding carboxylic acids is 2. The average molecular weight is 965 g/mol. The third kappa shape index (κ3) is 11.7. The highest BCUT2D eigenvalue weighted by Gasteiger charge is 2.59. The van der Waals surface area contributed by atoms with E-state index in [9.17, 15) is 44.0 Å². The fourth-order valence-electron chi connectivity index (χ4n) is 12.7. The Kier molecular flexibility index (Phi) is 15.9. The number of nitrogens with zero attached hydrogens (tertiary/aromatic N) is 3. The number of hydrogen-bond donors (Lipinski definition) is 6. The van der Waals surface area contributed by atoms with Crippen molar-refractivity contribution >= 4 is 48.2 Å². The van der Waals surface area contributed by atoms with Gasteiger partial charge in [0.2, 0.25) is 11.4 Å². The smallest absolute Gasteiger partial charge is 0.480 e. The number of amides is 2. The van der Waals surface area contributed by atoms with Gasteiger partial charge in [-0.25, -0.2) is 18.8 Å². The number of phosphoric ester groups is 1. The number of alkyl carbamates (subject to hydrolysis) is 1. The number of aromatic nitrogens is 2. The molecule has 6 N–H and O–H groups in total. The van der Waals surface area contributed by atoms with Gasteiger partial charge in [-0.3, -0.25) is 24.7 Å². The van der Waals surface area contributed by atoms with Crippen LogP contribution < -0.4 is 20.5 Å². The van der Waals surface area contributed by atoms with Crippen LogP contribution in [0.3, 0.4) is 0 Å². The monoisotopic (exact) mass is 964 g/mol. The van der Waals surface area contributed by atoms with E-state index in [4.69, 9.17) is 9.37 Å². The largest absolute Gasteiger partial charge is 0.524 e. The zero-order valence-electron chi connectivity index (χ0n) is 39.9. The fraction of sp³-hybridized carbons (Fsp3) is 0.653. The number of ether oxygens (including phenoxy) is 1. The minimum atomic E-state index is -4.82. The summed E-state index contributed by atoms with van der Waals surface area (Å²) in [4.78, 5) is 69.3. The summed E-state index contributed by atoms with van der Waals surface area (Å²) in [5, 5.41) is 37.3. The van der Waals surface area contributed by atoms with Crippen LogP contribution in [0, 0.1) is 56.5 Å². The third-order valence-corrected chi connectivity index (χ3v) is 16.6. The van der Waals surface area contributed by atoms with Crippen LogP contribution in [0.4, 0.5) is 16.2 Å². The molecule has 3 saturated carbocycles. The second-order valence-corrected chi connectivity index (χ2v) is 22.0. The molecule has 18 nitrogen and oxygen atoms in total. The maximum Gasteiger partial charge on any atom is 0.524 e. The Labute approximate surface area is 397 Å². The number of fused-ring (bicyclic) bond motifs is 6. The van der Waals surface area contributed by atoms with Crippen molar-refractivity contribution in [2.24, 2.45) is 46.3 Å². The first-order valence-electron chi connectivity index (χ1n) is 24.4.